The number of methoxy groups -OCH3 is 1. The van der Waals surface area contributed by atoms with Gasteiger partial charge in [-0.3, -0.25) is 9.52 Å². The van der Waals surface area contributed by atoms with E-state index in [1.807, 2.05) is 12.1 Å². The number of amides is 1. The van der Waals surface area contributed by atoms with Crippen LogP contribution in [0.3, 0.4) is 0 Å². The van der Waals surface area contributed by atoms with Gasteiger partial charge in [0.1, 0.15) is 0 Å². The Labute approximate surface area is 200 Å². The van der Waals surface area contributed by atoms with Gasteiger partial charge < -0.3 is 10.1 Å². The van der Waals surface area contributed by atoms with E-state index in [-0.39, 0.29) is 27.5 Å². The number of hydrogen-bond donors (Lipinski definition) is 2. The number of aryl methyl sites for hydroxylation is 1. The maximum Gasteiger partial charge on any atom is 0.338 e. The van der Waals surface area contributed by atoms with Gasteiger partial charge in [0.25, 0.3) is 15.9 Å². The molecule has 0 heterocycles. The van der Waals surface area contributed by atoms with E-state index in [4.69, 9.17) is 4.74 Å². The molecule has 0 aliphatic rings. The molecule has 8 heteroatoms. The minimum absolute atomic E-state index is 0.0183. The van der Waals surface area contributed by atoms with Crippen molar-refractivity contribution in [2.24, 2.45) is 0 Å². The van der Waals surface area contributed by atoms with Crippen molar-refractivity contribution in [1.82, 2.24) is 0 Å². The Hall–Kier alpha value is -3.65. The van der Waals surface area contributed by atoms with Gasteiger partial charge in [0, 0.05) is 11.3 Å². The largest absolute Gasteiger partial charge is 0.465 e. The molecule has 0 atom stereocenters. The molecule has 0 saturated carbocycles. The second-order valence-corrected chi connectivity index (χ2v) is 10.6. The van der Waals surface area contributed by atoms with Gasteiger partial charge in [0.15, 0.2) is 0 Å². The highest BCUT2D eigenvalue weighted by Gasteiger charge is 2.19. The summed E-state index contributed by atoms with van der Waals surface area (Å²) in [5, 5.41) is 2.79. The molecule has 0 aliphatic carbocycles. The van der Waals surface area contributed by atoms with Gasteiger partial charge in [0.05, 0.1) is 23.3 Å². The van der Waals surface area contributed by atoms with Crippen LogP contribution >= 0.6 is 0 Å². The van der Waals surface area contributed by atoms with Gasteiger partial charge in [-0.2, -0.15) is 0 Å². The van der Waals surface area contributed by atoms with Crippen LogP contribution in [0.25, 0.3) is 0 Å². The molecular weight excluding hydrogens is 452 g/mol. The van der Waals surface area contributed by atoms with Gasteiger partial charge in [-0.15, -0.1) is 0 Å². The van der Waals surface area contributed by atoms with Gasteiger partial charge in [-0.05, 0) is 65.9 Å². The summed E-state index contributed by atoms with van der Waals surface area (Å²) in [5.74, 6) is -0.920. The van der Waals surface area contributed by atoms with E-state index in [9.17, 15) is 18.0 Å². The third kappa shape index (κ3) is 5.82. The Morgan fingerprint density at radius 3 is 2.15 bits per heavy atom. The molecule has 0 radical (unpaired) electrons. The molecule has 0 aliphatic heterocycles. The second-order valence-electron chi connectivity index (χ2n) is 8.94. The number of ether oxygens (including phenoxy) is 1. The van der Waals surface area contributed by atoms with Crippen LogP contribution in [0.5, 0.6) is 0 Å². The fourth-order valence-corrected chi connectivity index (χ4v) is 4.37. The Balaban J connectivity index is 1.78. The van der Waals surface area contributed by atoms with E-state index in [0.717, 1.165) is 5.56 Å². The highest BCUT2D eigenvalue weighted by atomic mass is 32.2. The standard InChI is InChI=1S/C26H28N2O5S/c1-17-9-14-22(16-23(17)25(30)33-5)34(31,32)28-21-8-6-7-20(15-21)27-24(29)18-10-12-19(13-11-18)26(2,3)4/h6-16,28H,1-5H3,(H,27,29). The van der Waals surface area contributed by atoms with E-state index >= 15 is 0 Å². The summed E-state index contributed by atoms with van der Waals surface area (Å²) in [6.45, 7) is 7.99. The Bertz CT molecular complexity index is 1320. The van der Waals surface area contributed by atoms with Crippen molar-refractivity contribution >= 4 is 33.3 Å². The molecule has 0 spiro atoms. The quantitative estimate of drug-likeness (QED) is 0.476. The molecule has 3 rings (SSSR count). The summed E-state index contributed by atoms with van der Waals surface area (Å²) in [7, 11) is -2.74. The molecule has 2 N–H and O–H groups in total. The summed E-state index contributed by atoms with van der Waals surface area (Å²) in [6.07, 6.45) is 0. The zero-order valence-corrected chi connectivity index (χ0v) is 20.6. The maximum absolute atomic E-state index is 12.9. The Morgan fingerprint density at radius 2 is 1.53 bits per heavy atom. The maximum atomic E-state index is 12.9. The van der Waals surface area contributed by atoms with Crippen LogP contribution in [0.4, 0.5) is 11.4 Å². The van der Waals surface area contributed by atoms with E-state index < -0.39 is 16.0 Å². The van der Waals surface area contributed by atoms with Crippen molar-refractivity contribution in [3.8, 4) is 0 Å². The smallest absolute Gasteiger partial charge is 0.338 e. The molecule has 1 amide bonds. The SMILES string of the molecule is COC(=O)c1cc(S(=O)(=O)Nc2cccc(NC(=O)c3ccc(C(C)(C)C)cc3)c2)ccc1C. The number of rotatable bonds is 6. The van der Waals surface area contributed by atoms with Crippen LogP contribution in [0.2, 0.25) is 0 Å². The number of carbonyl (C=O) groups is 2. The number of hydrogen-bond acceptors (Lipinski definition) is 5. The second kappa shape index (κ2) is 9.69. The molecule has 0 aromatic heterocycles. The summed E-state index contributed by atoms with van der Waals surface area (Å²) in [4.78, 5) is 24.5. The number of anilines is 2. The van der Waals surface area contributed by atoms with Gasteiger partial charge in [-0.25, -0.2) is 13.2 Å². The number of nitrogens with one attached hydrogen (secondary N) is 2. The molecule has 0 fully saturated rings. The van der Waals surface area contributed by atoms with Crippen LogP contribution < -0.4 is 10.0 Å². The fraction of sp³-hybridized carbons (Fsp3) is 0.231. The van der Waals surface area contributed by atoms with Gasteiger partial charge in [0.2, 0.25) is 0 Å². The first-order valence-electron chi connectivity index (χ1n) is 10.6. The van der Waals surface area contributed by atoms with E-state index in [2.05, 4.69) is 30.8 Å². The van der Waals surface area contributed by atoms with Crippen molar-refractivity contribution in [1.29, 1.82) is 0 Å². The Morgan fingerprint density at radius 1 is 0.882 bits per heavy atom. The van der Waals surface area contributed by atoms with Crippen molar-refractivity contribution in [2.75, 3.05) is 17.1 Å². The van der Waals surface area contributed by atoms with Crippen molar-refractivity contribution in [3.63, 3.8) is 0 Å². The van der Waals surface area contributed by atoms with Crippen LogP contribution in [0, 0.1) is 6.92 Å². The lowest BCUT2D eigenvalue weighted by molar-refractivity contribution is 0.0599. The van der Waals surface area contributed by atoms with E-state index in [1.165, 1.54) is 25.3 Å². The summed E-state index contributed by atoms with van der Waals surface area (Å²) in [5.41, 5.74) is 3.07. The van der Waals surface area contributed by atoms with Crippen molar-refractivity contribution in [3.05, 3.63) is 89.0 Å². The average Bonchev–Trinajstić information content (AvgIpc) is 2.78. The minimum Gasteiger partial charge on any atom is -0.465 e. The summed E-state index contributed by atoms with van der Waals surface area (Å²) < 4.78 is 33.0. The zero-order chi connectivity index (χ0) is 25.1. The van der Waals surface area contributed by atoms with Crippen molar-refractivity contribution in [2.45, 2.75) is 38.0 Å². The first-order chi connectivity index (χ1) is 15.9. The van der Waals surface area contributed by atoms with Crippen LogP contribution in [0.15, 0.2) is 71.6 Å². The molecule has 0 bridgehead atoms. The fourth-order valence-electron chi connectivity index (χ4n) is 3.30. The predicted molar refractivity (Wildman–Crippen MR) is 133 cm³/mol. The highest BCUT2D eigenvalue weighted by molar-refractivity contribution is 7.92. The van der Waals surface area contributed by atoms with E-state index in [1.54, 1.807) is 43.3 Å². The number of benzene rings is 3. The normalized spacial score (nSPS) is 11.6. The number of sulfonamides is 1. The lowest BCUT2D eigenvalue weighted by atomic mass is 9.87. The third-order valence-electron chi connectivity index (χ3n) is 5.31. The number of esters is 1. The monoisotopic (exact) mass is 480 g/mol. The molecule has 178 valence electrons. The topological polar surface area (TPSA) is 102 Å². The Kier molecular flexibility index (Phi) is 7.12. The van der Waals surface area contributed by atoms with Gasteiger partial charge in [-0.1, -0.05) is 45.0 Å². The summed E-state index contributed by atoms with van der Waals surface area (Å²) in [6, 6.07) is 18.0. The molecule has 3 aromatic rings. The lowest BCUT2D eigenvalue weighted by Gasteiger charge is -2.19. The first-order valence-corrected chi connectivity index (χ1v) is 12.1. The molecule has 34 heavy (non-hydrogen) atoms. The number of carbonyl (C=O) groups excluding carboxylic acids is 2. The predicted octanol–water partition coefficient (Wildman–Crippen LogP) is 5.13. The summed E-state index contributed by atoms with van der Waals surface area (Å²) >= 11 is 0. The molecule has 0 saturated heterocycles. The van der Waals surface area contributed by atoms with E-state index in [0.29, 0.717) is 16.8 Å². The van der Waals surface area contributed by atoms with Crippen LogP contribution in [0.1, 0.15) is 52.6 Å². The van der Waals surface area contributed by atoms with Crippen molar-refractivity contribution < 1.29 is 22.7 Å². The highest BCUT2D eigenvalue weighted by Crippen LogP contribution is 2.24. The van der Waals surface area contributed by atoms with Crippen LogP contribution in [-0.2, 0) is 20.2 Å². The molecule has 3 aromatic carbocycles. The van der Waals surface area contributed by atoms with Gasteiger partial charge >= 0.3 is 5.97 Å². The molecule has 0 unspecified atom stereocenters. The minimum atomic E-state index is -3.98. The average molecular weight is 481 g/mol. The lowest BCUT2D eigenvalue weighted by Crippen LogP contribution is -2.16. The molecule has 7 nitrogen and oxygen atoms in total. The van der Waals surface area contributed by atoms with Crippen LogP contribution in [-0.4, -0.2) is 27.4 Å². The first kappa shape index (κ1) is 25.0. The third-order valence-corrected chi connectivity index (χ3v) is 6.69. The molecular formula is C26H28N2O5S. The zero-order valence-electron chi connectivity index (χ0n) is 19.8.